The molecule has 2 heterocycles. The zero-order valence-electron chi connectivity index (χ0n) is 8.53. The highest BCUT2D eigenvalue weighted by Gasteiger charge is 2.04. The van der Waals surface area contributed by atoms with E-state index in [0.29, 0.717) is 26.6 Å². The summed E-state index contributed by atoms with van der Waals surface area (Å²) in [6.07, 6.45) is 3.08. The lowest BCUT2D eigenvalue weighted by Crippen LogP contribution is -1.99. The minimum atomic E-state index is 0.246. The Hall–Kier alpha value is -1.03. The molecule has 6 heteroatoms. The molecule has 0 bridgehead atoms. The van der Waals surface area contributed by atoms with Gasteiger partial charge < -0.3 is 4.74 Å². The van der Waals surface area contributed by atoms with Crippen LogP contribution in [-0.4, -0.2) is 9.97 Å². The maximum Gasteiger partial charge on any atom is 0.132 e. The quantitative estimate of drug-likeness (QED) is 0.801. The molecule has 0 saturated carbocycles. The molecule has 0 amide bonds. The molecule has 17 heavy (non-hydrogen) atoms. The minimum Gasteiger partial charge on any atom is -0.487 e. The molecule has 0 aliphatic heterocycles. The van der Waals surface area contributed by atoms with E-state index >= 15 is 0 Å². The normalized spacial score (nSPS) is 10.3. The fourth-order valence-electron chi connectivity index (χ4n) is 1.18. The Labute approximate surface area is 113 Å². The van der Waals surface area contributed by atoms with Gasteiger partial charge in [-0.05, 0) is 12.1 Å². The molecule has 0 spiro atoms. The first-order valence-corrected chi connectivity index (χ1v) is 5.83. The molecular weight excluding hydrogens is 282 g/mol. The van der Waals surface area contributed by atoms with Gasteiger partial charge in [0.15, 0.2) is 0 Å². The van der Waals surface area contributed by atoms with Gasteiger partial charge in [0, 0.05) is 18.5 Å². The van der Waals surface area contributed by atoms with Gasteiger partial charge in [-0.25, -0.2) is 4.98 Å². The number of nitrogens with zero attached hydrogens (tertiary/aromatic N) is 2. The van der Waals surface area contributed by atoms with E-state index in [-0.39, 0.29) is 6.61 Å². The van der Waals surface area contributed by atoms with Gasteiger partial charge in [-0.3, -0.25) is 4.98 Å². The summed E-state index contributed by atoms with van der Waals surface area (Å²) in [4.78, 5) is 7.93. The lowest BCUT2D eigenvalue weighted by atomic mass is 10.3. The third-order valence-electron chi connectivity index (χ3n) is 1.96. The predicted molar refractivity (Wildman–Crippen MR) is 67.8 cm³/mol. The van der Waals surface area contributed by atoms with Gasteiger partial charge in [-0.2, -0.15) is 0 Å². The molecule has 0 fully saturated rings. The van der Waals surface area contributed by atoms with E-state index < -0.39 is 0 Å². The van der Waals surface area contributed by atoms with E-state index in [1.54, 1.807) is 24.4 Å². The first kappa shape index (κ1) is 12.4. The van der Waals surface area contributed by atoms with Gasteiger partial charge in [0.25, 0.3) is 0 Å². The summed E-state index contributed by atoms with van der Waals surface area (Å²) in [5.41, 5.74) is 0.615. The molecule has 88 valence electrons. The molecule has 0 N–H and O–H groups in total. The van der Waals surface area contributed by atoms with Crippen molar-refractivity contribution < 1.29 is 4.74 Å². The molecular formula is C11H7Cl3N2O. The van der Waals surface area contributed by atoms with Crippen molar-refractivity contribution in [2.75, 3.05) is 0 Å². The van der Waals surface area contributed by atoms with Crippen LogP contribution in [0.15, 0.2) is 30.6 Å². The van der Waals surface area contributed by atoms with Gasteiger partial charge in [-0.15, -0.1) is 0 Å². The molecule has 0 atom stereocenters. The number of hydrogen-bond donors (Lipinski definition) is 0. The SMILES string of the molecule is Clc1cnc(COc2ccnc(Cl)c2)c(Cl)c1. The number of ether oxygens (including phenoxy) is 1. The van der Waals surface area contributed by atoms with Gasteiger partial charge in [0.1, 0.15) is 17.5 Å². The fourth-order valence-corrected chi connectivity index (χ4v) is 1.77. The summed E-state index contributed by atoms with van der Waals surface area (Å²) in [5.74, 6) is 0.609. The van der Waals surface area contributed by atoms with Crippen LogP contribution < -0.4 is 4.74 Å². The molecule has 0 radical (unpaired) electrons. The molecule has 0 aliphatic rings. The average Bonchev–Trinajstić information content (AvgIpc) is 2.28. The highest BCUT2D eigenvalue weighted by atomic mass is 35.5. The maximum absolute atomic E-state index is 5.96. The predicted octanol–water partition coefficient (Wildman–Crippen LogP) is 4.02. The van der Waals surface area contributed by atoms with Gasteiger partial charge >= 0.3 is 0 Å². The summed E-state index contributed by atoms with van der Waals surface area (Å²) < 4.78 is 5.48. The Morgan fingerprint density at radius 1 is 1.12 bits per heavy atom. The Morgan fingerprint density at radius 3 is 2.65 bits per heavy atom. The smallest absolute Gasteiger partial charge is 0.132 e. The third-order valence-corrected chi connectivity index (χ3v) is 2.70. The molecule has 0 aromatic carbocycles. The van der Waals surface area contributed by atoms with Gasteiger partial charge in [0.2, 0.25) is 0 Å². The van der Waals surface area contributed by atoms with E-state index in [2.05, 4.69) is 9.97 Å². The molecule has 0 aliphatic carbocycles. The zero-order valence-corrected chi connectivity index (χ0v) is 10.8. The highest BCUT2D eigenvalue weighted by molar-refractivity contribution is 6.34. The number of rotatable bonds is 3. The number of hydrogen-bond acceptors (Lipinski definition) is 3. The number of halogens is 3. The van der Waals surface area contributed by atoms with E-state index in [0.717, 1.165) is 0 Å². The van der Waals surface area contributed by atoms with Crippen molar-refractivity contribution in [3.63, 3.8) is 0 Å². The second kappa shape index (κ2) is 5.54. The summed E-state index contributed by atoms with van der Waals surface area (Å²) in [6, 6.07) is 4.94. The van der Waals surface area contributed by atoms with Crippen molar-refractivity contribution in [1.29, 1.82) is 0 Å². The summed E-state index contributed by atoms with van der Waals surface area (Å²) in [6.45, 7) is 0.246. The summed E-state index contributed by atoms with van der Waals surface area (Å²) in [7, 11) is 0. The lowest BCUT2D eigenvalue weighted by Gasteiger charge is -2.07. The molecule has 2 rings (SSSR count). The number of aromatic nitrogens is 2. The van der Waals surface area contributed by atoms with Crippen LogP contribution in [0.4, 0.5) is 0 Å². The topological polar surface area (TPSA) is 35.0 Å². The van der Waals surface area contributed by atoms with Crippen LogP contribution in [0.5, 0.6) is 5.75 Å². The van der Waals surface area contributed by atoms with E-state index in [9.17, 15) is 0 Å². The van der Waals surface area contributed by atoms with Crippen molar-refractivity contribution in [1.82, 2.24) is 9.97 Å². The molecule has 0 unspecified atom stereocenters. The standard InChI is InChI=1S/C11H7Cl3N2O/c12-7-3-9(13)10(16-5-7)6-17-8-1-2-15-11(14)4-8/h1-5H,6H2. The third kappa shape index (κ3) is 3.46. The summed E-state index contributed by atoms with van der Waals surface area (Å²) in [5, 5.41) is 1.33. The fraction of sp³-hybridized carbons (Fsp3) is 0.0909. The molecule has 3 nitrogen and oxygen atoms in total. The second-order valence-electron chi connectivity index (χ2n) is 3.18. The second-order valence-corrected chi connectivity index (χ2v) is 4.42. The van der Waals surface area contributed by atoms with Crippen molar-refractivity contribution in [2.24, 2.45) is 0 Å². The van der Waals surface area contributed by atoms with Crippen LogP contribution in [-0.2, 0) is 6.61 Å². The Bertz CT molecular complexity index is 534. The van der Waals surface area contributed by atoms with Crippen LogP contribution in [0.3, 0.4) is 0 Å². The van der Waals surface area contributed by atoms with E-state index in [4.69, 9.17) is 39.5 Å². The van der Waals surface area contributed by atoms with Crippen LogP contribution in [0.25, 0.3) is 0 Å². The lowest BCUT2D eigenvalue weighted by molar-refractivity contribution is 0.301. The monoisotopic (exact) mass is 288 g/mol. The minimum absolute atomic E-state index is 0.246. The van der Waals surface area contributed by atoms with Crippen molar-refractivity contribution in [2.45, 2.75) is 6.61 Å². The largest absolute Gasteiger partial charge is 0.487 e. The van der Waals surface area contributed by atoms with Gasteiger partial charge in [-0.1, -0.05) is 34.8 Å². The first-order chi connectivity index (χ1) is 8.15. The number of pyridine rings is 2. The van der Waals surface area contributed by atoms with E-state index in [1.807, 2.05) is 0 Å². The van der Waals surface area contributed by atoms with Gasteiger partial charge in [0.05, 0.1) is 15.7 Å². The Morgan fingerprint density at radius 2 is 1.94 bits per heavy atom. The van der Waals surface area contributed by atoms with Crippen LogP contribution in [0.2, 0.25) is 15.2 Å². The Balaban J connectivity index is 2.07. The maximum atomic E-state index is 5.96. The van der Waals surface area contributed by atoms with Crippen molar-refractivity contribution in [3.05, 3.63) is 51.5 Å². The van der Waals surface area contributed by atoms with Crippen molar-refractivity contribution >= 4 is 34.8 Å². The average molecular weight is 290 g/mol. The molecule has 2 aromatic heterocycles. The Kier molecular flexibility index (Phi) is 4.05. The highest BCUT2D eigenvalue weighted by Crippen LogP contribution is 2.21. The van der Waals surface area contributed by atoms with Crippen LogP contribution in [0, 0.1) is 0 Å². The van der Waals surface area contributed by atoms with Crippen molar-refractivity contribution in [3.8, 4) is 5.75 Å². The summed E-state index contributed by atoms with van der Waals surface area (Å²) >= 11 is 17.4. The van der Waals surface area contributed by atoms with E-state index in [1.165, 1.54) is 6.20 Å². The van der Waals surface area contributed by atoms with Crippen LogP contribution >= 0.6 is 34.8 Å². The molecule has 0 saturated heterocycles. The zero-order chi connectivity index (χ0) is 12.3. The van der Waals surface area contributed by atoms with Crippen LogP contribution in [0.1, 0.15) is 5.69 Å². The first-order valence-electron chi connectivity index (χ1n) is 4.69. The molecule has 2 aromatic rings.